The average Bonchev–Trinajstić information content (AvgIpc) is 2.15. The summed E-state index contributed by atoms with van der Waals surface area (Å²) in [6, 6.07) is 6.33. The summed E-state index contributed by atoms with van der Waals surface area (Å²) in [4.78, 5) is 20.6. The summed E-state index contributed by atoms with van der Waals surface area (Å²) >= 11 is 4.01. The Balaban J connectivity index is 0.000000331. The van der Waals surface area contributed by atoms with Crippen molar-refractivity contribution in [3.05, 3.63) is 29.8 Å². The number of hydrogen-bond acceptors (Lipinski definition) is 3. The number of nitrogens with two attached hydrogens (primary N) is 1. The number of hydrogen-bond donors (Lipinski definition) is 3. The first-order valence-electron chi connectivity index (χ1n) is 4.49. The molecule has 1 rings (SSSR count). The van der Waals surface area contributed by atoms with Gasteiger partial charge in [-0.2, -0.15) is 13.2 Å². The summed E-state index contributed by atoms with van der Waals surface area (Å²) in [5.74, 6) is -2.26. The van der Waals surface area contributed by atoms with Crippen molar-refractivity contribution in [2.24, 2.45) is 5.73 Å². The smallest absolute Gasteiger partial charge is 0.397 e. The van der Waals surface area contributed by atoms with Crippen LogP contribution in [0, 0.1) is 0 Å². The van der Waals surface area contributed by atoms with Crippen LogP contribution >= 0.6 is 12.6 Å². The largest absolute Gasteiger partial charge is 0.478 e. The zero-order chi connectivity index (χ0) is 14.3. The van der Waals surface area contributed by atoms with Crippen LogP contribution in [0.1, 0.15) is 16.8 Å². The van der Waals surface area contributed by atoms with Gasteiger partial charge in [0, 0.05) is 4.90 Å². The first-order chi connectivity index (χ1) is 8.11. The molecule has 1 aromatic carbocycles. The number of carbonyl (C=O) groups excluding carboxylic acids is 1. The summed E-state index contributed by atoms with van der Waals surface area (Å²) in [6.45, 7) is 0. The highest BCUT2D eigenvalue weighted by Gasteiger charge is 2.29. The Morgan fingerprint density at radius 3 is 1.89 bits per heavy atom. The van der Waals surface area contributed by atoms with Crippen LogP contribution < -0.4 is 5.73 Å². The van der Waals surface area contributed by atoms with Crippen molar-refractivity contribution in [1.29, 1.82) is 0 Å². The van der Waals surface area contributed by atoms with E-state index >= 15 is 0 Å². The number of halogens is 3. The lowest BCUT2D eigenvalue weighted by molar-refractivity contribution is -0.151. The predicted octanol–water partition coefficient (Wildman–Crippen LogP) is 2.10. The van der Waals surface area contributed by atoms with Gasteiger partial charge >= 0.3 is 12.1 Å². The van der Waals surface area contributed by atoms with E-state index < -0.39 is 24.5 Å². The minimum absolute atomic E-state index is 0.290. The number of primary amides is 1. The molecular formula is C10H10F3NO3S. The van der Waals surface area contributed by atoms with Crippen molar-refractivity contribution >= 4 is 24.5 Å². The molecule has 18 heavy (non-hydrogen) atoms. The summed E-state index contributed by atoms with van der Waals surface area (Å²) in [5, 5.41) is 8.45. The van der Waals surface area contributed by atoms with Gasteiger partial charge in [0.1, 0.15) is 6.42 Å². The highest BCUT2D eigenvalue weighted by Crippen LogP contribution is 2.17. The van der Waals surface area contributed by atoms with E-state index in [-0.39, 0.29) is 5.56 Å². The molecular weight excluding hydrogens is 271 g/mol. The number of carboxylic acid groups (broad SMARTS) is 1. The van der Waals surface area contributed by atoms with E-state index in [4.69, 9.17) is 5.11 Å². The maximum absolute atomic E-state index is 11.0. The van der Waals surface area contributed by atoms with Crippen molar-refractivity contribution in [1.82, 2.24) is 0 Å². The van der Waals surface area contributed by atoms with E-state index in [0.717, 1.165) is 4.90 Å². The molecule has 0 atom stereocenters. The van der Waals surface area contributed by atoms with E-state index in [2.05, 4.69) is 18.4 Å². The second-order valence-corrected chi connectivity index (χ2v) is 3.63. The SMILES string of the molecule is NC(=O)CC(F)(F)F.O=C(O)c1ccc(S)cc1. The van der Waals surface area contributed by atoms with Gasteiger partial charge in [0.2, 0.25) is 5.91 Å². The highest BCUT2D eigenvalue weighted by molar-refractivity contribution is 7.80. The Bertz CT molecular complexity index is 417. The number of aromatic carboxylic acids is 1. The lowest BCUT2D eigenvalue weighted by Gasteiger charge is -1.99. The van der Waals surface area contributed by atoms with E-state index in [1.54, 1.807) is 12.1 Å². The maximum Gasteiger partial charge on any atom is 0.397 e. The molecule has 0 aliphatic carbocycles. The van der Waals surface area contributed by atoms with Gasteiger partial charge in [-0.15, -0.1) is 12.6 Å². The molecule has 0 aliphatic heterocycles. The highest BCUT2D eigenvalue weighted by atomic mass is 32.1. The minimum atomic E-state index is -4.45. The van der Waals surface area contributed by atoms with Crippen LogP contribution in [0.4, 0.5) is 13.2 Å². The number of rotatable bonds is 2. The molecule has 0 bridgehead atoms. The van der Waals surface area contributed by atoms with Crippen LogP contribution in [-0.4, -0.2) is 23.2 Å². The van der Waals surface area contributed by atoms with Gasteiger partial charge in [0.05, 0.1) is 5.56 Å². The Labute approximate surface area is 106 Å². The van der Waals surface area contributed by atoms with E-state index in [1.165, 1.54) is 12.1 Å². The Kier molecular flexibility index (Phi) is 6.24. The second-order valence-electron chi connectivity index (χ2n) is 3.11. The quantitative estimate of drug-likeness (QED) is 0.726. The number of amides is 1. The van der Waals surface area contributed by atoms with Gasteiger partial charge in [-0.3, -0.25) is 4.79 Å². The zero-order valence-electron chi connectivity index (χ0n) is 8.94. The van der Waals surface area contributed by atoms with E-state index in [9.17, 15) is 22.8 Å². The lowest BCUT2D eigenvalue weighted by Crippen LogP contribution is -2.21. The first kappa shape index (κ1) is 16.3. The Morgan fingerprint density at radius 2 is 1.67 bits per heavy atom. The molecule has 0 heterocycles. The van der Waals surface area contributed by atoms with Gasteiger partial charge in [0.25, 0.3) is 0 Å². The molecule has 4 nitrogen and oxygen atoms in total. The molecule has 1 aromatic rings. The fourth-order valence-corrected chi connectivity index (χ4v) is 0.951. The second kappa shape index (κ2) is 6.90. The number of benzene rings is 1. The van der Waals surface area contributed by atoms with E-state index in [1.807, 2.05) is 0 Å². The third kappa shape index (κ3) is 8.45. The van der Waals surface area contributed by atoms with E-state index in [0.29, 0.717) is 0 Å². The first-order valence-corrected chi connectivity index (χ1v) is 4.94. The lowest BCUT2D eigenvalue weighted by atomic mass is 10.2. The van der Waals surface area contributed by atoms with Crippen molar-refractivity contribution < 1.29 is 27.9 Å². The molecule has 0 fully saturated rings. The Hall–Kier alpha value is -1.70. The number of alkyl halides is 3. The normalized spacial score (nSPS) is 10.2. The average molecular weight is 281 g/mol. The van der Waals surface area contributed by atoms with Crippen LogP contribution in [0.3, 0.4) is 0 Å². The van der Waals surface area contributed by atoms with Crippen molar-refractivity contribution in [2.45, 2.75) is 17.5 Å². The molecule has 0 saturated heterocycles. The molecule has 3 N–H and O–H groups in total. The van der Waals surface area contributed by atoms with Gasteiger partial charge in [-0.25, -0.2) is 4.79 Å². The molecule has 0 spiro atoms. The van der Waals surface area contributed by atoms with Crippen molar-refractivity contribution in [3.8, 4) is 0 Å². The van der Waals surface area contributed by atoms with Crippen LogP contribution in [0.5, 0.6) is 0 Å². The summed E-state index contributed by atoms with van der Waals surface area (Å²) in [6.07, 6.45) is -5.99. The summed E-state index contributed by atoms with van der Waals surface area (Å²) in [7, 11) is 0. The Morgan fingerprint density at radius 1 is 1.22 bits per heavy atom. The van der Waals surface area contributed by atoms with Gasteiger partial charge in [-0.1, -0.05) is 0 Å². The van der Waals surface area contributed by atoms with Crippen LogP contribution in [0.15, 0.2) is 29.2 Å². The molecule has 1 amide bonds. The molecule has 0 saturated carbocycles. The van der Waals surface area contributed by atoms with Crippen molar-refractivity contribution in [3.63, 3.8) is 0 Å². The van der Waals surface area contributed by atoms with Gasteiger partial charge in [0.15, 0.2) is 0 Å². The summed E-state index contributed by atoms with van der Waals surface area (Å²) in [5.41, 5.74) is 4.51. The molecule has 0 aromatic heterocycles. The predicted molar refractivity (Wildman–Crippen MR) is 60.5 cm³/mol. The number of thiol groups is 1. The minimum Gasteiger partial charge on any atom is -0.478 e. The third-order valence-corrected chi connectivity index (χ3v) is 1.79. The van der Waals surface area contributed by atoms with Crippen LogP contribution in [0.2, 0.25) is 0 Å². The molecule has 100 valence electrons. The zero-order valence-corrected chi connectivity index (χ0v) is 9.83. The summed E-state index contributed by atoms with van der Waals surface area (Å²) < 4.78 is 33.0. The molecule has 0 aliphatic rings. The van der Waals surface area contributed by atoms with Crippen molar-refractivity contribution in [2.75, 3.05) is 0 Å². The fraction of sp³-hybridized carbons (Fsp3) is 0.200. The number of carbonyl (C=O) groups is 2. The monoisotopic (exact) mass is 281 g/mol. The number of carboxylic acids is 1. The maximum atomic E-state index is 11.0. The van der Waals surface area contributed by atoms with Gasteiger partial charge in [-0.05, 0) is 24.3 Å². The molecule has 8 heteroatoms. The van der Waals surface area contributed by atoms with Gasteiger partial charge < -0.3 is 10.8 Å². The fourth-order valence-electron chi connectivity index (χ4n) is 0.802. The topological polar surface area (TPSA) is 80.4 Å². The van der Waals surface area contributed by atoms with Crippen LogP contribution in [-0.2, 0) is 4.79 Å². The molecule has 0 radical (unpaired) electrons. The molecule has 0 unspecified atom stereocenters. The third-order valence-electron chi connectivity index (χ3n) is 1.49. The van der Waals surface area contributed by atoms with Crippen LogP contribution in [0.25, 0.3) is 0 Å². The standard InChI is InChI=1S/C7H6O2S.C3H4F3NO/c8-7(9)5-1-3-6(10)4-2-5;4-3(5,6)1-2(7)8/h1-4,10H,(H,8,9);1H2,(H2,7,8).